The van der Waals surface area contributed by atoms with E-state index in [4.69, 9.17) is 9.26 Å². The van der Waals surface area contributed by atoms with Crippen LogP contribution in [0.25, 0.3) is 10.8 Å². The minimum absolute atomic E-state index is 0.166. The third kappa shape index (κ3) is 3.69. The lowest BCUT2D eigenvalue weighted by Gasteiger charge is -2.06. The molecule has 0 saturated carbocycles. The molecule has 5 nitrogen and oxygen atoms in total. The Morgan fingerprint density at radius 2 is 2.00 bits per heavy atom. The first-order valence-electron chi connectivity index (χ1n) is 7.10. The molecule has 114 valence electrons. The summed E-state index contributed by atoms with van der Waals surface area (Å²) >= 11 is 0. The first-order chi connectivity index (χ1) is 11.3. The predicted molar refractivity (Wildman–Crippen MR) is 86.1 cm³/mol. The van der Waals surface area contributed by atoms with Crippen molar-refractivity contribution in [2.45, 2.75) is 0 Å². The van der Waals surface area contributed by atoms with E-state index >= 15 is 0 Å². The highest BCUT2D eigenvalue weighted by Crippen LogP contribution is 2.24. The molecule has 1 heterocycles. The van der Waals surface area contributed by atoms with Crippen molar-refractivity contribution in [3.63, 3.8) is 0 Å². The second-order valence-electron chi connectivity index (χ2n) is 4.68. The van der Waals surface area contributed by atoms with Crippen LogP contribution in [0, 0.1) is 11.8 Å². The first-order valence-corrected chi connectivity index (χ1v) is 7.10. The highest BCUT2D eigenvalue weighted by atomic mass is 16.5. The van der Waals surface area contributed by atoms with Gasteiger partial charge in [0.2, 0.25) is 5.76 Å². The van der Waals surface area contributed by atoms with Crippen LogP contribution < -0.4 is 10.1 Å². The van der Waals surface area contributed by atoms with Crippen molar-refractivity contribution in [3.8, 4) is 17.6 Å². The Bertz CT molecular complexity index is 855. The summed E-state index contributed by atoms with van der Waals surface area (Å²) in [5.74, 6) is 6.31. The van der Waals surface area contributed by atoms with Crippen LogP contribution in [0.3, 0.4) is 0 Å². The van der Waals surface area contributed by atoms with Crippen LogP contribution in [0.5, 0.6) is 5.75 Å². The fourth-order valence-electron chi connectivity index (χ4n) is 2.09. The van der Waals surface area contributed by atoms with E-state index in [-0.39, 0.29) is 24.8 Å². The molecule has 1 aromatic heterocycles. The number of aromatic nitrogens is 1. The van der Waals surface area contributed by atoms with Gasteiger partial charge < -0.3 is 14.6 Å². The summed E-state index contributed by atoms with van der Waals surface area (Å²) in [6.45, 7) is 0.477. The average Bonchev–Trinajstić information content (AvgIpc) is 3.12. The highest BCUT2D eigenvalue weighted by molar-refractivity contribution is 5.91. The van der Waals surface area contributed by atoms with Crippen LogP contribution in [-0.4, -0.2) is 24.2 Å². The molecule has 0 radical (unpaired) electrons. The molecular weight excluding hydrogens is 292 g/mol. The van der Waals surface area contributed by atoms with Crippen LogP contribution in [-0.2, 0) is 0 Å². The molecule has 0 fully saturated rings. The van der Waals surface area contributed by atoms with Gasteiger partial charge in [0.05, 0.1) is 12.7 Å². The fraction of sp³-hybridized carbons (Fsp3) is 0.111. The molecule has 5 heteroatoms. The van der Waals surface area contributed by atoms with Crippen molar-refractivity contribution < 1.29 is 14.1 Å². The summed E-state index contributed by atoms with van der Waals surface area (Å²) < 4.78 is 10.4. The molecule has 0 spiro atoms. The van der Waals surface area contributed by atoms with Gasteiger partial charge in [-0.25, -0.2) is 0 Å². The number of hydrogen-bond acceptors (Lipinski definition) is 4. The van der Waals surface area contributed by atoms with Crippen molar-refractivity contribution in [3.05, 3.63) is 60.5 Å². The van der Waals surface area contributed by atoms with Crippen LogP contribution in [0.1, 0.15) is 10.6 Å². The Morgan fingerprint density at radius 1 is 1.13 bits per heavy atom. The maximum Gasteiger partial charge on any atom is 0.290 e. The van der Waals surface area contributed by atoms with Crippen LogP contribution >= 0.6 is 0 Å². The quantitative estimate of drug-likeness (QED) is 0.753. The monoisotopic (exact) mass is 306 g/mol. The van der Waals surface area contributed by atoms with Gasteiger partial charge in [0.25, 0.3) is 5.91 Å². The van der Waals surface area contributed by atoms with Crippen LogP contribution in [0.15, 0.2) is 59.3 Å². The van der Waals surface area contributed by atoms with Crippen molar-refractivity contribution in [1.29, 1.82) is 0 Å². The summed E-state index contributed by atoms with van der Waals surface area (Å²) in [6, 6.07) is 15.4. The summed E-state index contributed by atoms with van der Waals surface area (Å²) in [5, 5.41) is 8.25. The standard InChI is InChI=1S/C18H14N2O3/c21-18(17-10-12-20-23-17)19-11-3-4-13-22-16-9-5-7-14-6-1-2-8-15(14)16/h1-2,5-10,12H,11,13H2,(H,19,21). The van der Waals surface area contributed by atoms with Crippen molar-refractivity contribution in [2.24, 2.45) is 0 Å². The van der Waals surface area contributed by atoms with Crippen molar-refractivity contribution in [2.75, 3.05) is 13.2 Å². The molecule has 23 heavy (non-hydrogen) atoms. The lowest BCUT2D eigenvalue weighted by Crippen LogP contribution is -2.23. The van der Waals surface area contributed by atoms with E-state index in [1.54, 1.807) is 0 Å². The lowest BCUT2D eigenvalue weighted by atomic mass is 10.1. The molecule has 0 aliphatic heterocycles. The zero-order valence-electron chi connectivity index (χ0n) is 12.3. The zero-order chi connectivity index (χ0) is 15.9. The molecular formula is C18H14N2O3. The molecule has 0 saturated heterocycles. The summed E-state index contributed by atoms with van der Waals surface area (Å²) in [6.07, 6.45) is 1.42. The molecule has 1 amide bonds. The summed E-state index contributed by atoms with van der Waals surface area (Å²) in [4.78, 5) is 11.6. The van der Waals surface area contributed by atoms with Crippen molar-refractivity contribution >= 4 is 16.7 Å². The van der Waals surface area contributed by atoms with Crippen LogP contribution in [0.2, 0.25) is 0 Å². The molecule has 3 aromatic rings. The maximum absolute atomic E-state index is 11.6. The molecule has 1 N–H and O–H groups in total. The topological polar surface area (TPSA) is 64.4 Å². The highest BCUT2D eigenvalue weighted by Gasteiger charge is 2.06. The van der Waals surface area contributed by atoms with E-state index < -0.39 is 0 Å². The summed E-state index contributed by atoms with van der Waals surface area (Å²) in [7, 11) is 0. The van der Waals surface area contributed by atoms with E-state index in [1.165, 1.54) is 12.3 Å². The molecule has 0 bridgehead atoms. The Labute approximate surface area is 133 Å². The van der Waals surface area contributed by atoms with Gasteiger partial charge in [-0.3, -0.25) is 4.79 Å². The van der Waals surface area contributed by atoms with E-state index in [0.717, 1.165) is 16.5 Å². The van der Waals surface area contributed by atoms with Gasteiger partial charge in [0.1, 0.15) is 12.4 Å². The normalized spacial score (nSPS) is 9.91. The molecule has 0 aliphatic carbocycles. The average molecular weight is 306 g/mol. The van der Waals surface area contributed by atoms with E-state index in [1.807, 2.05) is 42.5 Å². The SMILES string of the molecule is O=C(NCC#CCOc1cccc2ccccc12)c1ccno1. The second kappa shape index (κ2) is 7.14. The van der Waals surface area contributed by atoms with Crippen LogP contribution in [0.4, 0.5) is 0 Å². The van der Waals surface area contributed by atoms with Gasteiger partial charge in [-0.15, -0.1) is 0 Å². The van der Waals surface area contributed by atoms with E-state index in [2.05, 4.69) is 22.3 Å². The van der Waals surface area contributed by atoms with E-state index in [0.29, 0.717) is 0 Å². The Kier molecular flexibility index (Phi) is 4.55. The predicted octanol–water partition coefficient (Wildman–Crippen LogP) is 2.64. The van der Waals surface area contributed by atoms with Crippen molar-refractivity contribution in [1.82, 2.24) is 10.5 Å². The van der Waals surface area contributed by atoms with Gasteiger partial charge in [-0.05, 0) is 11.5 Å². The van der Waals surface area contributed by atoms with Gasteiger partial charge >= 0.3 is 0 Å². The van der Waals surface area contributed by atoms with Gasteiger partial charge in [-0.1, -0.05) is 53.4 Å². The maximum atomic E-state index is 11.6. The fourth-order valence-corrected chi connectivity index (χ4v) is 2.09. The largest absolute Gasteiger partial charge is 0.480 e. The minimum atomic E-state index is -0.341. The minimum Gasteiger partial charge on any atom is -0.480 e. The third-order valence-electron chi connectivity index (χ3n) is 3.17. The number of benzene rings is 2. The number of carbonyl (C=O) groups is 1. The Morgan fingerprint density at radius 3 is 2.87 bits per heavy atom. The number of rotatable bonds is 4. The molecule has 3 rings (SSSR count). The number of hydrogen-bond donors (Lipinski definition) is 1. The van der Waals surface area contributed by atoms with E-state index in [9.17, 15) is 4.79 Å². The number of nitrogens with zero attached hydrogens (tertiary/aromatic N) is 1. The molecule has 0 atom stereocenters. The number of amides is 1. The van der Waals surface area contributed by atoms with Gasteiger partial charge in [-0.2, -0.15) is 0 Å². The number of fused-ring (bicyclic) bond motifs is 1. The third-order valence-corrected chi connectivity index (χ3v) is 3.17. The number of carbonyl (C=O) groups excluding carboxylic acids is 1. The van der Waals surface area contributed by atoms with Gasteiger partial charge in [0, 0.05) is 11.5 Å². The molecule has 0 aliphatic rings. The second-order valence-corrected chi connectivity index (χ2v) is 4.68. The molecule has 2 aromatic carbocycles. The Balaban J connectivity index is 1.51. The van der Waals surface area contributed by atoms with Gasteiger partial charge in [0.15, 0.2) is 0 Å². The zero-order valence-corrected chi connectivity index (χ0v) is 12.3. The summed E-state index contributed by atoms with van der Waals surface area (Å²) in [5.41, 5.74) is 0. The molecule has 0 unspecified atom stereocenters. The number of nitrogens with one attached hydrogen (secondary N) is 1. The lowest BCUT2D eigenvalue weighted by molar-refractivity contribution is 0.0922. The first kappa shape index (κ1) is 14.7. The number of ether oxygens (including phenoxy) is 1. The Hall–Kier alpha value is -3.26. The smallest absolute Gasteiger partial charge is 0.290 e.